The number of alkyl halides is 1. The van der Waals surface area contributed by atoms with Gasteiger partial charge in [-0.15, -0.1) is 11.6 Å². The molecule has 20 heavy (non-hydrogen) atoms. The van der Waals surface area contributed by atoms with E-state index in [2.05, 4.69) is 26.4 Å². The number of rotatable bonds is 3. The third kappa shape index (κ3) is 2.03. The molecule has 0 aliphatic carbocycles. The van der Waals surface area contributed by atoms with Gasteiger partial charge in [0.25, 0.3) is 0 Å². The Morgan fingerprint density at radius 1 is 1.40 bits per heavy atom. The summed E-state index contributed by atoms with van der Waals surface area (Å²) in [6.45, 7) is 3.67. The molecule has 1 fully saturated rings. The zero-order chi connectivity index (χ0) is 14.2. The maximum absolute atomic E-state index is 6.08. The Morgan fingerprint density at radius 3 is 2.80 bits per heavy atom. The van der Waals surface area contributed by atoms with Gasteiger partial charge in [-0.2, -0.15) is 4.98 Å². The second-order valence-electron chi connectivity index (χ2n) is 5.16. The molecule has 0 aromatic carbocycles. The lowest BCUT2D eigenvalue weighted by atomic mass is 9.92. The van der Waals surface area contributed by atoms with Gasteiger partial charge in [0.1, 0.15) is 12.2 Å². The Bertz CT molecular complexity index is 622. The first-order valence-corrected chi connectivity index (χ1v) is 7.13. The van der Waals surface area contributed by atoms with E-state index < -0.39 is 0 Å². The standard InChI is InChI=1S/C13H17ClN4O2/c1-13(3-5-20-6-4-13)18-9(7-14)17-10-11(18)15-8-16-12(10)19-2/h8H,3-7H2,1-2H3. The van der Waals surface area contributed by atoms with Gasteiger partial charge in [-0.25, -0.2) is 9.97 Å². The van der Waals surface area contributed by atoms with Crippen LogP contribution >= 0.6 is 11.6 Å². The van der Waals surface area contributed by atoms with E-state index in [1.807, 2.05) is 0 Å². The van der Waals surface area contributed by atoms with Crippen molar-refractivity contribution in [2.75, 3.05) is 20.3 Å². The third-order valence-electron chi connectivity index (χ3n) is 3.90. The average Bonchev–Trinajstić information content (AvgIpc) is 2.87. The van der Waals surface area contributed by atoms with Gasteiger partial charge in [-0.1, -0.05) is 0 Å². The van der Waals surface area contributed by atoms with Crippen molar-refractivity contribution in [3.05, 3.63) is 12.2 Å². The number of ether oxygens (including phenoxy) is 2. The minimum absolute atomic E-state index is 0.0867. The predicted octanol–water partition coefficient (Wildman–Crippen LogP) is 2.10. The predicted molar refractivity (Wildman–Crippen MR) is 75.1 cm³/mol. The summed E-state index contributed by atoms with van der Waals surface area (Å²) in [7, 11) is 1.58. The normalized spacial score (nSPS) is 18.4. The smallest absolute Gasteiger partial charge is 0.245 e. The maximum atomic E-state index is 6.08. The van der Waals surface area contributed by atoms with Crippen molar-refractivity contribution in [3.63, 3.8) is 0 Å². The molecule has 1 aliphatic rings. The zero-order valence-corrected chi connectivity index (χ0v) is 12.4. The van der Waals surface area contributed by atoms with Gasteiger partial charge in [0.2, 0.25) is 5.88 Å². The molecule has 2 aromatic rings. The van der Waals surface area contributed by atoms with Crippen LogP contribution in [0.25, 0.3) is 11.2 Å². The largest absolute Gasteiger partial charge is 0.479 e. The van der Waals surface area contributed by atoms with Crippen molar-refractivity contribution in [1.29, 1.82) is 0 Å². The lowest BCUT2D eigenvalue weighted by Gasteiger charge is -2.36. The molecule has 0 saturated carbocycles. The fourth-order valence-electron chi connectivity index (χ4n) is 2.76. The highest BCUT2D eigenvalue weighted by Crippen LogP contribution is 2.35. The molecule has 3 rings (SSSR count). The quantitative estimate of drug-likeness (QED) is 0.812. The topological polar surface area (TPSA) is 62.1 Å². The number of nitrogens with zero attached hydrogens (tertiary/aromatic N) is 4. The first-order valence-electron chi connectivity index (χ1n) is 6.60. The van der Waals surface area contributed by atoms with Crippen LogP contribution in [0.3, 0.4) is 0 Å². The van der Waals surface area contributed by atoms with E-state index in [0.717, 1.165) is 37.5 Å². The molecular weight excluding hydrogens is 280 g/mol. The summed E-state index contributed by atoms with van der Waals surface area (Å²) in [5.41, 5.74) is 1.35. The fourth-order valence-corrected chi connectivity index (χ4v) is 2.94. The van der Waals surface area contributed by atoms with Crippen molar-refractivity contribution in [3.8, 4) is 5.88 Å². The number of hydrogen-bond donors (Lipinski definition) is 0. The maximum Gasteiger partial charge on any atom is 0.245 e. The molecule has 0 amide bonds. The summed E-state index contributed by atoms with van der Waals surface area (Å²) < 4.78 is 12.9. The summed E-state index contributed by atoms with van der Waals surface area (Å²) in [5, 5.41) is 0. The second-order valence-corrected chi connectivity index (χ2v) is 5.43. The van der Waals surface area contributed by atoms with Crippen LogP contribution < -0.4 is 4.74 Å². The molecule has 2 aromatic heterocycles. The minimum atomic E-state index is -0.0867. The van der Waals surface area contributed by atoms with Crippen LogP contribution in [-0.4, -0.2) is 39.8 Å². The first kappa shape index (κ1) is 13.6. The van der Waals surface area contributed by atoms with Gasteiger partial charge in [0.15, 0.2) is 11.2 Å². The molecule has 0 spiro atoms. The van der Waals surface area contributed by atoms with E-state index in [1.165, 1.54) is 6.33 Å². The van der Waals surface area contributed by atoms with E-state index in [0.29, 0.717) is 17.3 Å². The number of imidazole rings is 1. The summed E-state index contributed by atoms with van der Waals surface area (Å²) in [6, 6.07) is 0. The van der Waals surface area contributed by atoms with Crippen LogP contribution in [0.1, 0.15) is 25.6 Å². The monoisotopic (exact) mass is 296 g/mol. The molecule has 0 radical (unpaired) electrons. The summed E-state index contributed by atoms with van der Waals surface area (Å²) in [5.74, 6) is 1.61. The third-order valence-corrected chi connectivity index (χ3v) is 4.14. The van der Waals surface area contributed by atoms with Gasteiger partial charge in [-0.3, -0.25) is 0 Å². The number of halogens is 1. The van der Waals surface area contributed by atoms with Gasteiger partial charge in [-0.05, 0) is 19.8 Å². The van der Waals surface area contributed by atoms with Crippen molar-refractivity contribution >= 4 is 22.8 Å². The highest BCUT2D eigenvalue weighted by Gasteiger charge is 2.34. The van der Waals surface area contributed by atoms with E-state index in [-0.39, 0.29) is 5.54 Å². The molecule has 7 heteroatoms. The molecule has 0 unspecified atom stereocenters. The van der Waals surface area contributed by atoms with Crippen LogP contribution in [0.5, 0.6) is 5.88 Å². The number of aromatic nitrogens is 4. The lowest BCUT2D eigenvalue weighted by Crippen LogP contribution is -2.37. The Hall–Kier alpha value is -1.40. The fraction of sp³-hybridized carbons (Fsp3) is 0.615. The molecule has 0 bridgehead atoms. The average molecular weight is 297 g/mol. The number of fused-ring (bicyclic) bond motifs is 1. The summed E-state index contributed by atoms with van der Waals surface area (Å²) in [6.07, 6.45) is 3.32. The summed E-state index contributed by atoms with van der Waals surface area (Å²) in [4.78, 5) is 13.1. The molecule has 1 aliphatic heterocycles. The number of methoxy groups -OCH3 is 1. The molecule has 108 valence electrons. The lowest BCUT2D eigenvalue weighted by molar-refractivity contribution is 0.0300. The Balaban J connectivity index is 2.22. The first-order chi connectivity index (χ1) is 9.69. The molecule has 3 heterocycles. The molecule has 6 nitrogen and oxygen atoms in total. The molecule has 0 N–H and O–H groups in total. The van der Waals surface area contributed by atoms with Gasteiger partial charge in [0, 0.05) is 18.8 Å². The Labute approximate surface area is 122 Å². The Kier molecular flexibility index (Phi) is 3.52. The minimum Gasteiger partial charge on any atom is -0.479 e. The highest BCUT2D eigenvalue weighted by atomic mass is 35.5. The second kappa shape index (κ2) is 5.18. The van der Waals surface area contributed by atoms with E-state index in [1.54, 1.807) is 7.11 Å². The van der Waals surface area contributed by atoms with E-state index in [9.17, 15) is 0 Å². The van der Waals surface area contributed by atoms with E-state index in [4.69, 9.17) is 21.1 Å². The van der Waals surface area contributed by atoms with Crippen LogP contribution in [-0.2, 0) is 16.2 Å². The number of hydrogen-bond acceptors (Lipinski definition) is 5. The van der Waals surface area contributed by atoms with E-state index >= 15 is 0 Å². The Morgan fingerprint density at radius 2 is 2.15 bits per heavy atom. The molecule has 1 saturated heterocycles. The van der Waals surface area contributed by atoms with Crippen molar-refractivity contribution in [1.82, 2.24) is 19.5 Å². The van der Waals surface area contributed by atoms with Crippen LogP contribution in [0.2, 0.25) is 0 Å². The van der Waals surface area contributed by atoms with Crippen LogP contribution in [0.15, 0.2) is 6.33 Å². The van der Waals surface area contributed by atoms with Crippen molar-refractivity contribution in [2.45, 2.75) is 31.2 Å². The highest BCUT2D eigenvalue weighted by molar-refractivity contribution is 6.16. The summed E-state index contributed by atoms with van der Waals surface area (Å²) >= 11 is 6.08. The van der Waals surface area contributed by atoms with Crippen molar-refractivity contribution in [2.24, 2.45) is 0 Å². The van der Waals surface area contributed by atoms with Crippen molar-refractivity contribution < 1.29 is 9.47 Å². The SMILES string of the molecule is COc1ncnc2c1nc(CCl)n2C1(C)CCOCC1. The zero-order valence-electron chi connectivity index (χ0n) is 11.6. The van der Waals surface area contributed by atoms with Crippen LogP contribution in [0.4, 0.5) is 0 Å². The molecular formula is C13H17ClN4O2. The molecule has 0 atom stereocenters. The van der Waals surface area contributed by atoms with Gasteiger partial charge < -0.3 is 14.0 Å². The van der Waals surface area contributed by atoms with Gasteiger partial charge in [0.05, 0.1) is 13.0 Å². The van der Waals surface area contributed by atoms with Crippen LogP contribution in [0, 0.1) is 0 Å². The van der Waals surface area contributed by atoms with Gasteiger partial charge >= 0.3 is 0 Å².